The highest BCUT2D eigenvalue weighted by atomic mass is 16.3. The minimum atomic E-state index is 0.313. The fourth-order valence-electron chi connectivity index (χ4n) is 1.88. The molecule has 0 spiro atoms. The van der Waals surface area contributed by atoms with Crippen molar-refractivity contribution >= 4 is 0 Å². The molecule has 0 aliphatic carbocycles. The fourth-order valence-corrected chi connectivity index (χ4v) is 1.88. The zero-order chi connectivity index (χ0) is 10.8. The maximum Gasteiger partial charge on any atom is 0.0459 e. The summed E-state index contributed by atoms with van der Waals surface area (Å²) in [7, 11) is 0. The van der Waals surface area contributed by atoms with Gasteiger partial charge < -0.3 is 10.2 Å². The van der Waals surface area contributed by atoms with Crippen LogP contribution in [0.2, 0.25) is 0 Å². The first-order valence-electron chi connectivity index (χ1n) is 6.00. The summed E-state index contributed by atoms with van der Waals surface area (Å²) in [5.74, 6) is 1.22. The van der Waals surface area contributed by atoms with Crippen LogP contribution in [0.1, 0.15) is 52.4 Å². The molecule has 2 unspecified atom stereocenters. The Balaban J connectivity index is 3.65. The molecule has 2 heteroatoms. The van der Waals surface area contributed by atoms with E-state index in [4.69, 9.17) is 10.2 Å². The first kappa shape index (κ1) is 13.9. The number of aliphatic hydroxyl groups is 2. The lowest BCUT2D eigenvalue weighted by Gasteiger charge is -2.19. The molecule has 86 valence electrons. The van der Waals surface area contributed by atoms with Crippen LogP contribution in [0.15, 0.2) is 0 Å². The largest absolute Gasteiger partial charge is 0.396 e. The average Bonchev–Trinajstić information content (AvgIpc) is 2.23. The van der Waals surface area contributed by atoms with E-state index in [0.717, 1.165) is 31.6 Å². The van der Waals surface area contributed by atoms with Gasteiger partial charge in [0.25, 0.3) is 0 Å². The van der Waals surface area contributed by atoms with Gasteiger partial charge in [-0.15, -0.1) is 0 Å². The maximum atomic E-state index is 9.10. The molecule has 0 aromatic heterocycles. The number of rotatable bonds is 9. The topological polar surface area (TPSA) is 40.5 Å². The van der Waals surface area contributed by atoms with Crippen LogP contribution in [0, 0.1) is 11.8 Å². The summed E-state index contributed by atoms with van der Waals surface area (Å²) < 4.78 is 0. The van der Waals surface area contributed by atoms with E-state index in [1.165, 1.54) is 12.8 Å². The van der Waals surface area contributed by atoms with E-state index < -0.39 is 0 Å². The molecule has 0 bridgehead atoms. The van der Waals surface area contributed by atoms with Crippen molar-refractivity contribution in [1.82, 2.24) is 0 Å². The normalized spacial score (nSPS) is 15.4. The number of hydrogen-bond acceptors (Lipinski definition) is 2. The van der Waals surface area contributed by atoms with Crippen LogP contribution in [-0.4, -0.2) is 23.4 Å². The Kier molecular flexibility index (Phi) is 9.42. The fraction of sp³-hybridized carbons (Fsp3) is 1.00. The molecule has 14 heavy (non-hydrogen) atoms. The summed E-state index contributed by atoms with van der Waals surface area (Å²) in [5.41, 5.74) is 0. The van der Waals surface area contributed by atoms with E-state index in [0.29, 0.717) is 19.1 Å². The predicted molar refractivity (Wildman–Crippen MR) is 60.2 cm³/mol. The highest BCUT2D eigenvalue weighted by Crippen LogP contribution is 2.22. The molecule has 0 saturated carbocycles. The van der Waals surface area contributed by atoms with Crippen LogP contribution < -0.4 is 0 Å². The molecule has 0 fully saturated rings. The van der Waals surface area contributed by atoms with Gasteiger partial charge in [-0.25, -0.2) is 0 Å². The van der Waals surface area contributed by atoms with Crippen molar-refractivity contribution in [2.45, 2.75) is 52.4 Å². The van der Waals surface area contributed by atoms with Gasteiger partial charge in [0, 0.05) is 13.2 Å². The van der Waals surface area contributed by atoms with Crippen LogP contribution in [0.3, 0.4) is 0 Å². The van der Waals surface area contributed by atoms with Crippen molar-refractivity contribution < 1.29 is 10.2 Å². The highest BCUT2D eigenvalue weighted by molar-refractivity contribution is 4.64. The number of aliphatic hydroxyl groups excluding tert-OH is 2. The summed E-state index contributed by atoms with van der Waals surface area (Å²) in [4.78, 5) is 0. The van der Waals surface area contributed by atoms with Crippen LogP contribution in [0.25, 0.3) is 0 Å². The first-order chi connectivity index (χ1) is 6.78. The van der Waals surface area contributed by atoms with Gasteiger partial charge in [0.2, 0.25) is 0 Å². The first-order valence-corrected chi connectivity index (χ1v) is 6.00. The van der Waals surface area contributed by atoms with Crippen LogP contribution >= 0.6 is 0 Å². The van der Waals surface area contributed by atoms with Gasteiger partial charge >= 0.3 is 0 Å². The second kappa shape index (κ2) is 9.47. The number of unbranched alkanes of at least 4 members (excludes halogenated alkanes) is 1. The van der Waals surface area contributed by atoms with Crippen molar-refractivity contribution in [3.8, 4) is 0 Å². The summed E-state index contributed by atoms with van der Waals surface area (Å²) >= 11 is 0. The molecule has 0 aromatic rings. The van der Waals surface area contributed by atoms with E-state index in [1.807, 2.05) is 0 Å². The Hall–Kier alpha value is -0.0800. The van der Waals surface area contributed by atoms with Crippen molar-refractivity contribution in [1.29, 1.82) is 0 Å². The summed E-state index contributed by atoms with van der Waals surface area (Å²) in [6.45, 7) is 5.00. The predicted octanol–water partition coefficient (Wildman–Crippen LogP) is 2.58. The van der Waals surface area contributed by atoms with Gasteiger partial charge in [-0.05, 0) is 24.7 Å². The second-order valence-electron chi connectivity index (χ2n) is 4.19. The molecule has 0 saturated heterocycles. The van der Waals surface area contributed by atoms with E-state index >= 15 is 0 Å². The Labute approximate surface area is 88.3 Å². The average molecular weight is 202 g/mol. The highest BCUT2D eigenvalue weighted by Gasteiger charge is 2.12. The molecule has 0 aliphatic rings. The molecule has 2 nitrogen and oxygen atoms in total. The molecule has 0 aromatic carbocycles. The number of hydrogen-bond donors (Lipinski definition) is 2. The molecule has 0 amide bonds. The molecular weight excluding hydrogens is 176 g/mol. The van der Waals surface area contributed by atoms with Crippen LogP contribution in [0.5, 0.6) is 0 Å². The lowest BCUT2D eigenvalue weighted by molar-refractivity contribution is 0.189. The third-order valence-electron chi connectivity index (χ3n) is 3.10. The standard InChI is InChI=1S/C12H26O2/c1-3-11(7-5-6-8-13)9-12(4-2)10-14/h11-14H,3-10H2,1-2H3. The zero-order valence-electron chi connectivity index (χ0n) is 9.71. The van der Waals surface area contributed by atoms with Crippen molar-refractivity contribution in [3.63, 3.8) is 0 Å². The smallest absolute Gasteiger partial charge is 0.0459 e. The van der Waals surface area contributed by atoms with Crippen LogP contribution in [-0.2, 0) is 0 Å². The SMILES string of the molecule is CCC(CO)CC(CC)CCCCO. The van der Waals surface area contributed by atoms with E-state index in [9.17, 15) is 0 Å². The van der Waals surface area contributed by atoms with E-state index in [2.05, 4.69) is 13.8 Å². The third-order valence-corrected chi connectivity index (χ3v) is 3.10. The van der Waals surface area contributed by atoms with E-state index in [1.54, 1.807) is 0 Å². The Bertz CT molecular complexity index is 111. The van der Waals surface area contributed by atoms with E-state index in [-0.39, 0.29) is 0 Å². The summed E-state index contributed by atoms with van der Waals surface area (Å²) in [6.07, 6.45) is 6.67. The molecule has 0 aliphatic heterocycles. The second-order valence-corrected chi connectivity index (χ2v) is 4.19. The third kappa shape index (κ3) is 6.39. The lowest BCUT2D eigenvalue weighted by Crippen LogP contribution is -2.11. The quantitative estimate of drug-likeness (QED) is 0.564. The van der Waals surface area contributed by atoms with Gasteiger partial charge in [-0.3, -0.25) is 0 Å². The minimum Gasteiger partial charge on any atom is -0.396 e. The minimum absolute atomic E-state index is 0.313. The molecular formula is C12H26O2. The lowest BCUT2D eigenvalue weighted by atomic mass is 9.88. The zero-order valence-corrected chi connectivity index (χ0v) is 9.71. The Morgan fingerprint density at radius 3 is 2.00 bits per heavy atom. The molecule has 0 rings (SSSR count). The van der Waals surface area contributed by atoms with Gasteiger partial charge in [0.05, 0.1) is 0 Å². The molecule has 2 atom stereocenters. The van der Waals surface area contributed by atoms with Gasteiger partial charge in [-0.2, -0.15) is 0 Å². The summed E-state index contributed by atoms with van der Waals surface area (Å²) in [6, 6.07) is 0. The van der Waals surface area contributed by atoms with Crippen molar-refractivity contribution in [2.24, 2.45) is 11.8 Å². The summed E-state index contributed by atoms with van der Waals surface area (Å²) in [5, 5.41) is 17.8. The maximum absolute atomic E-state index is 9.10. The molecule has 2 N–H and O–H groups in total. The van der Waals surface area contributed by atoms with Gasteiger partial charge in [0.15, 0.2) is 0 Å². The Morgan fingerprint density at radius 2 is 1.57 bits per heavy atom. The monoisotopic (exact) mass is 202 g/mol. The Morgan fingerprint density at radius 1 is 0.929 bits per heavy atom. The van der Waals surface area contributed by atoms with Gasteiger partial charge in [-0.1, -0.05) is 39.5 Å². The van der Waals surface area contributed by atoms with Crippen LogP contribution in [0.4, 0.5) is 0 Å². The molecule has 0 heterocycles. The molecule has 0 radical (unpaired) electrons. The van der Waals surface area contributed by atoms with Crippen molar-refractivity contribution in [3.05, 3.63) is 0 Å². The van der Waals surface area contributed by atoms with Crippen molar-refractivity contribution in [2.75, 3.05) is 13.2 Å². The van der Waals surface area contributed by atoms with Gasteiger partial charge in [0.1, 0.15) is 0 Å².